The molecule has 1 unspecified atom stereocenters. The zero-order valence-corrected chi connectivity index (χ0v) is 13.5. The molecule has 2 aromatic rings. The standard InChI is InChI=1S/C16H21FN4O2/c1-11(21(2)3)10-18-14(22)8-9-15-19-16(20-23-15)12-4-6-13(17)7-5-12/h4-7,11H,8-10H2,1-3H3,(H,18,22). The van der Waals surface area contributed by atoms with Gasteiger partial charge in [-0.2, -0.15) is 4.98 Å². The van der Waals surface area contributed by atoms with Crippen LogP contribution in [0.4, 0.5) is 4.39 Å². The molecule has 0 radical (unpaired) electrons. The summed E-state index contributed by atoms with van der Waals surface area (Å²) in [5, 5.41) is 6.71. The number of nitrogens with zero attached hydrogens (tertiary/aromatic N) is 3. The van der Waals surface area contributed by atoms with Crippen molar-refractivity contribution in [2.45, 2.75) is 25.8 Å². The van der Waals surface area contributed by atoms with Crippen LogP contribution in [0.5, 0.6) is 0 Å². The summed E-state index contributed by atoms with van der Waals surface area (Å²) in [5.74, 6) is 0.406. The van der Waals surface area contributed by atoms with Crippen LogP contribution in [0.2, 0.25) is 0 Å². The second-order valence-corrected chi connectivity index (χ2v) is 5.64. The number of carbonyl (C=O) groups is 1. The normalized spacial score (nSPS) is 12.4. The Kier molecular flexibility index (Phi) is 5.81. The van der Waals surface area contributed by atoms with Crippen LogP contribution >= 0.6 is 0 Å². The van der Waals surface area contributed by atoms with Gasteiger partial charge in [0.2, 0.25) is 17.6 Å². The van der Waals surface area contributed by atoms with Gasteiger partial charge in [-0.25, -0.2) is 4.39 Å². The summed E-state index contributed by atoms with van der Waals surface area (Å²) in [7, 11) is 3.93. The van der Waals surface area contributed by atoms with E-state index in [9.17, 15) is 9.18 Å². The monoisotopic (exact) mass is 320 g/mol. The van der Waals surface area contributed by atoms with Gasteiger partial charge in [-0.3, -0.25) is 4.79 Å². The molecule has 1 N–H and O–H groups in total. The Hall–Kier alpha value is -2.28. The van der Waals surface area contributed by atoms with Crippen molar-refractivity contribution < 1.29 is 13.7 Å². The lowest BCUT2D eigenvalue weighted by Gasteiger charge is -2.19. The van der Waals surface area contributed by atoms with Crippen molar-refractivity contribution >= 4 is 5.91 Å². The average Bonchev–Trinajstić information content (AvgIpc) is 3.00. The van der Waals surface area contributed by atoms with Gasteiger partial charge in [0.05, 0.1) is 0 Å². The van der Waals surface area contributed by atoms with E-state index in [4.69, 9.17) is 4.52 Å². The molecule has 0 aliphatic carbocycles. The largest absolute Gasteiger partial charge is 0.355 e. The second kappa shape index (κ2) is 7.82. The summed E-state index contributed by atoms with van der Waals surface area (Å²) in [6.07, 6.45) is 0.654. The number of amides is 1. The first-order valence-corrected chi connectivity index (χ1v) is 7.47. The van der Waals surface area contributed by atoms with E-state index in [0.717, 1.165) is 0 Å². The molecule has 7 heteroatoms. The number of likely N-dealkylation sites (N-methyl/N-ethyl adjacent to an activating group) is 1. The second-order valence-electron chi connectivity index (χ2n) is 5.64. The quantitative estimate of drug-likeness (QED) is 0.843. The molecule has 1 atom stereocenters. The zero-order valence-electron chi connectivity index (χ0n) is 13.5. The first-order chi connectivity index (χ1) is 11.0. The summed E-state index contributed by atoms with van der Waals surface area (Å²) < 4.78 is 18.0. The summed E-state index contributed by atoms with van der Waals surface area (Å²) in [6, 6.07) is 6.11. The van der Waals surface area contributed by atoms with E-state index in [1.165, 1.54) is 12.1 Å². The van der Waals surface area contributed by atoms with Crippen LogP contribution < -0.4 is 5.32 Å². The van der Waals surface area contributed by atoms with Crippen molar-refractivity contribution in [2.75, 3.05) is 20.6 Å². The Bertz CT molecular complexity index is 640. The Morgan fingerprint density at radius 3 is 2.70 bits per heavy atom. The maximum Gasteiger partial charge on any atom is 0.227 e. The molecule has 2 rings (SSSR count). The maximum absolute atomic E-state index is 12.9. The number of nitrogens with one attached hydrogen (secondary N) is 1. The van der Waals surface area contributed by atoms with Crippen molar-refractivity contribution in [3.63, 3.8) is 0 Å². The molecule has 0 aliphatic rings. The van der Waals surface area contributed by atoms with Crippen molar-refractivity contribution in [2.24, 2.45) is 0 Å². The van der Waals surface area contributed by atoms with Crippen molar-refractivity contribution in [1.82, 2.24) is 20.4 Å². The molecule has 0 saturated carbocycles. The van der Waals surface area contributed by atoms with Crippen LogP contribution in [0.25, 0.3) is 11.4 Å². The van der Waals surface area contributed by atoms with Crippen LogP contribution in [-0.2, 0) is 11.2 Å². The van der Waals surface area contributed by atoms with E-state index in [0.29, 0.717) is 30.2 Å². The third kappa shape index (κ3) is 5.14. The third-order valence-electron chi connectivity index (χ3n) is 3.61. The van der Waals surface area contributed by atoms with Crippen LogP contribution in [0.15, 0.2) is 28.8 Å². The molecule has 23 heavy (non-hydrogen) atoms. The molecule has 1 amide bonds. The minimum Gasteiger partial charge on any atom is -0.355 e. The lowest BCUT2D eigenvalue weighted by atomic mass is 10.2. The van der Waals surface area contributed by atoms with E-state index in [1.54, 1.807) is 12.1 Å². The van der Waals surface area contributed by atoms with Gasteiger partial charge < -0.3 is 14.7 Å². The molecular formula is C16H21FN4O2. The van der Waals surface area contributed by atoms with Crippen molar-refractivity contribution in [1.29, 1.82) is 0 Å². The van der Waals surface area contributed by atoms with Gasteiger partial charge in [-0.1, -0.05) is 5.16 Å². The highest BCUT2D eigenvalue weighted by Crippen LogP contribution is 2.16. The highest BCUT2D eigenvalue weighted by molar-refractivity contribution is 5.76. The fraction of sp³-hybridized carbons (Fsp3) is 0.438. The van der Waals surface area contributed by atoms with Gasteiger partial charge in [0, 0.05) is 31.0 Å². The number of benzene rings is 1. The molecule has 0 fully saturated rings. The van der Waals surface area contributed by atoms with Gasteiger partial charge in [-0.15, -0.1) is 0 Å². The minimum atomic E-state index is -0.318. The maximum atomic E-state index is 12.9. The lowest BCUT2D eigenvalue weighted by molar-refractivity contribution is -0.121. The number of rotatable bonds is 7. The highest BCUT2D eigenvalue weighted by Gasteiger charge is 2.12. The molecule has 124 valence electrons. The average molecular weight is 320 g/mol. The molecule has 1 aromatic carbocycles. The van der Waals surface area contributed by atoms with Crippen LogP contribution in [0.1, 0.15) is 19.2 Å². The van der Waals surface area contributed by atoms with Crippen molar-refractivity contribution in [3.05, 3.63) is 36.0 Å². The summed E-state index contributed by atoms with van der Waals surface area (Å²) in [5.41, 5.74) is 0.672. The smallest absolute Gasteiger partial charge is 0.227 e. The zero-order chi connectivity index (χ0) is 16.8. The molecule has 0 spiro atoms. The van der Waals surface area contributed by atoms with Gasteiger partial charge in [0.15, 0.2) is 0 Å². The van der Waals surface area contributed by atoms with Crippen LogP contribution in [-0.4, -0.2) is 47.6 Å². The van der Waals surface area contributed by atoms with Gasteiger partial charge in [0.1, 0.15) is 5.82 Å². The van der Waals surface area contributed by atoms with E-state index < -0.39 is 0 Å². The predicted octanol–water partition coefficient (Wildman–Crippen LogP) is 1.87. The lowest BCUT2D eigenvalue weighted by Crippen LogP contribution is -2.38. The van der Waals surface area contributed by atoms with Crippen LogP contribution in [0.3, 0.4) is 0 Å². The fourth-order valence-corrected chi connectivity index (χ4v) is 1.83. The first-order valence-electron chi connectivity index (χ1n) is 7.47. The topological polar surface area (TPSA) is 71.3 Å². The van der Waals surface area contributed by atoms with E-state index in [2.05, 4.69) is 15.5 Å². The Labute approximate surface area is 134 Å². The summed E-state index contributed by atoms with van der Waals surface area (Å²) >= 11 is 0. The Morgan fingerprint density at radius 1 is 1.35 bits per heavy atom. The van der Waals surface area contributed by atoms with E-state index >= 15 is 0 Å². The highest BCUT2D eigenvalue weighted by atomic mass is 19.1. The minimum absolute atomic E-state index is 0.0553. The first kappa shape index (κ1) is 17.1. The number of hydrogen-bond donors (Lipinski definition) is 1. The number of carbonyl (C=O) groups excluding carboxylic acids is 1. The molecule has 6 nitrogen and oxygen atoms in total. The Balaban J connectivity index is 1.83. The molecule has 1 aromatic heterocycles. The number of aromatic nitrogens is 2. The van der Waals surface area contributed by atoms with E-state index in [1.807, 2.05) is 25.9 Å². The third-order valence-corrected chi connectivity index (χ3v) is 3.61. The Morgan fingerprint density at radius 2 is 2.04 bits per heavy atom. The number of aryl methyl sites for hydroxylation is 1. The molecule has 0 bridgehead atoms. The van der Waals surface area contributed by atoms with Gasteiger partial charge in [0.25, 0.3) is 0 Å². The summed E-state index contributed by atoms with van der Waals surface area (Å²) in [6.45, 7) is 2.63. The molecule has 1 heterocycles. The number of halogens is 1. The van der Waals surface area contributed by atoms with Crippen LogP contribution in [0, 0.1) is 5.82 Å². The molecule has 0 saturated heterocycles. The molecular weight excluding hydrogens is 299 g/mol. The van der Waals surface area contributed by atoms with Gasteiger partial charge in [-0.05, 0) is 45.3 Å². The number of hydrogen-bond acceptors (Lipinski definition) is 5. The van der Waals surface area contributed by atoms with Gasteiger partial charge >= 0.3 is 0 Å². The molecule has 0 aliphatic heterocycles. The predicted molar refractivity (Wildman–Crippen MR) is 84.2 cm³/mol. The summed E-state index contributed by atoms with van der Waals surface area (Å²) in [4.78, 5) is 18.0. The SMILES string of the molecule is CC(CNC(=O)CCc1nc(-c2ccc(F)cc2)no1)N(C)C. The van der Waals surface area contributed by atoms with Crippen molar-refractivity contribution in [3.8, 4) is 11.4 Å². The van der Waals surface area contributed by atoms with E-state index in [-0.39, 0.29) is 24.2 Å². The fourth-order valence-electron chi connectivity index (χ4n) is 1.83.